The second-order valence-corrected chi connectivity index (χ2v) is 4.56. The number of carbonyl (C=O) groups is 2. The molecule has 0 saturated heterocycles. The molecule has 0 aliphatic rings. The molecule has 2 aromatic rings. The Labute approximate surface area is 122 Å². The lowest BCUT2D eigenvalue weighted by Crippen LogP contribution is -2.20. The number of hydrogen-bond acceptors (Lipinski definition) is 3. The molecule has 0 bridgehead atoms. The van der Waals surface area contributed by atoms with Crippen LogP contribution >= 0.6 is 0 Å². The number of primary amides is 1. The molecule has 0 aliphatic carbocycles. The maximum atomic E-state index is 11.7. The molecule has 0 radical (unpaired) electrons. The highest BCUT2D eigenvalue weighted by molar-refractivity contribution is 5.93. The van der Waals surface area contributed by atoms with Crippen molar-refractivity contribution in [3.8, 4) is 0 Å². The van der Waals surface area contributed by atoms with Crippen LogP contribution in [0.15, 0.2) is 46.9 Å². The molecule has 1 aromatic carbocycles. The lowest BCUT2D eigenvalue weighted by atomic mass is 10.1. The number of aryl methyl sites for hydroxylation is 1. The zero-order chi connectivity index (χ0) is 15.2. The second kappa shape index (κ2) is 6.56. The first-order chi connectivity index (χ1) is 10.0. The van der Waals surface area contributed by atoms with Crippen molar-refractivity contribution in [2.45, 2.75) is 13.5 Å². The van der Waals surface area contributed by atoms with Crippen molar-refractivity contribution in [3.63, 3.8) is 0 Å². The maximum absolute atomic E-state index is 11.7. The van der Waals surface area contributed by atoms with E-state index >= 15 is 0 Å². The lowest BCUT2D eigenvalue weighted by molar-refractivity contribution is -0.116. The highest BCUT2D eigenvalue weighted by Gasteiger charge is 2.02. The molecule has 1 aromatic heterocycles. The summed E-state index contributed by atoms with van der Waals surface area (Å²) in [5.41, 5.74) is 6.43. The standard InChI is InChI=1S/C16H16N2O3/c1-11-5-6-14(21-11)7-8-15(19)18-10-12-3-2-4-13(9-12)16(17)20/h2-9H,10H2,1H3,(H2,17,20)(H,18,19)/b8-7+. The molecule has 3 N–H and O–H groups in total. The van der Waals surface area contributed by atoms with Crippen LogP contribution in [0.5, 0.6) is 0 Å². The topological polar surface area (TPSA) is 85.3 Å². The summed E-state index contributed by atoms with van der Waals surface area (Å²) in [5.74, 6) is 0.682. The second-order valence-electron chi connectivity index (χ2n) is 4.56. The van der Waals surface area contributed by atoms with E-state index in [-0.39, 0.29) is 5.91 Å². The van der Waals surface area contributed by atoms with Gasteiger partial charge in [-0.1, -0.05) is 12.1 Å². The predicted molar refractivity (Wildman–Crippen MR) is 79.3 cm³/mol. The fraction of sp³-hybridized carbons (Fsp3) is 0.125. The Balaban J connectivity index is 1.90. The lowest BCUT2D eigenvalue weighted by Gasteiger charge is -2.04. The summed E-state index contributed by atoms with van der Waals surface area (Å²) in [6.07, 6.45) is 3.00. The van der Waals surface area contributed by atoms with Crippen LogP contribution < -0.4 is 11.1 Å². The molecule has 5 heteroatoms. The molecule has 0 saturated carbocycles. The monoisotopic (exact) mass is 284 g/mol. The molecule has 0 unspecified atom stereocenters. The summed E-state index contributed by atoms with van der Waals surface area (Å²) < 4.78 is 5.32. The number of benzene rings is 1. The summed E-state index contributed by atoms with van der Waals surface area (Å²) >= 11 is 0. The van der Waals surface area contributed by atoms with Gasteiger partial charge >= 0.3 is 0 Å². The van der Waals surface area contributed by atoms with Gasteiger partial charge in [-0.3, -0.25) is 9.59 Å². The number of furan rings is 1. The Morgan fingerprint density at radius 3 is 2.76 bits per heavy atom. The van der Waals surface area contributed by atoms with E-state index in [4.69, 9.17) is 10.2 Å². The Kier molecular flexibility index (Phi) is 4.56. The highest BCUT2D eigenvalue weighted by Crippen LogP contribution is 2.08. The van der Waals surface area contributed by atoms with Crippen molar-refractivity contribution in [2.24, 2.45) is 5.73 Å². The van der Waals surface area contributed by atoms with Gasteiger partial charge < -0.3 is 15.5 Å². The van der Waals surface area contributed by atoms with E-state index in [1.807, 2.05) is 19.1 Å². The SMILES string of the molecule is Cc1ccc(/C=C/C(=O)NCc2cccc(C(N)=O)c2)o1. The third kappa shape index (κ3) is 4.35. The van der Waals surface area contributed by atoms with E-state index in [0.29, 0.717) is 17.9 Å². The molecular weight excluding hydrogens is 268 g/mol. The van der Waals surface area contributed by atoms with Gasteiger partial charge in [0, 0.05) is 18.2 Å². The smallest absolute Gasteiger partial charge is 0.248 e. The van der Waals surface area contributed by atoms with E-state index in [1.165, 1.54) is 6.08 Å². The van der Waals surface area contributed by atoms with Gasteiger partial charge in [0.1, 0.15) is 11.5 Å². The van der Waals surface area contributed by atoms with Gasteiger partial charge in [-0.2, -0.15) is 0 Å². The van der Waals surface area contributed by atoms with Crippen LogP contribution in [0.1, 0.15) is 27.4 Å². The minimum absolute atomic E-state index is 0.242. The van der Waals surface area contributed by atoms with E-state index in [2.05, 4.69) is 5.32 Å². The zero-order valence-corrected chi connectivity index (χ0v) is 11.6. The zero-order valence-electron chi connectivity index (χ0n) is 11.6. The van der Waals surface area contributed by atoms with Crippen molar-refractivity contribution in [1.29, 1.82) is 0 Å². The number of rotatable bonds is 5. The first kappa shape index (κ1) is 14.6. The number of hydrogen-bond donors (Lipinski definition) is 2. The number of carbonyl (C=O) groups excluding carboxylic acids is 2. The molecule has 21 heavy (non-hydrogen) atoms. The van der Waals surface area contributed by atoms with Crippen molar-refractivity contribution in [1.82, 2.24) is 5.32 Å². The van der Waals surface area contributed by atoms with Crippen molar-refractivity contribution < 1.29 is 14.0 Å². The summed E-state index contributed by atoms with van der Waals surface area (Å²) in [4.78, 5) is 22.8. The molecule has 2 amide bonds. The van der Waals surface area contributed by atoms with E-state index in [0.717, 1.165) is 11.3 Å². The fourth-order valence-corrected chi connectivity index (χ4v) is 1.78. The Morgan fingerprint density at radius 2 is 2.10 bits per heavy atom. The van der Waals surface area contributed by atoms with Crippen LogP contribution in [-0.2, 0) is 11.3 Å². The Morgan fingerprint density at radius 1 is 1.29 bits per heavy atom. The van der Waals surface area contributed by atoms with Crippen LogP contribution in [0, 0.1) is 6.92 Å². The molecule has 0 spiro atoms. The number of nitrogens with one attached hydrogen (secondary N) is 1. The van der Waals surface area contributed by atoms with Gasteiger partial charge in [-0.05, 0) is 42.8 Å². The van der Waals surface area contributed by atoms with E-state index in [1.54, 1.807) is 30.3 Å². The molecule has 2 rings (SSSR count). The van der Waals surface area contributed by atoms with Gasteiger partial charge in [-0.25, -0.2) is 0 Å². The van der Waals surface area contributed by atoms with E-state index in [9.17, 15) is 9.59 Å². The number of nitrogens with two attached hydrogens (primary N) is 1. The van der Waals surface area contributed by atoms with Gasteiger partial charge in [0.25, 0.3) is 0 Å². The quantitative estimate of drug-likeness (QED) is 0.824. The van der Waals surface area contributed by atoms with Gasteiger partial charge in [0.05, 0.1) is 0 Å². The Bertz CT molecular complexity index is 686. The van der Waals surface area contributed by atoms with Crippen molar-refractivity contribution in [3.05, 3.63) is 65.1 Å². The molecule has 0 fully saturated rings. The minimum Gasteiger partial charge on any atom is -0.462 e. The van der Waals surface area contributed by atoms with Gasteiger partial charge in [0.15, 0.2) is 0 Å². The fourth-order valence-electron chi connectivity index (χ4n) is 1.78. The minimum atomic E-state index is -0.490. The first-order valence-electron chi connectivity index (χ1n) is 6.46. The third-order valence-corrected chi connectivity index (χ3v) is 2.84. The van der Waals surface area contributed by atoms with Gasteiger partial charge in [-0.15, -0.1) is 0 Å². The molecular formula is C16H16N2O3. The van der Waals surface area contributed by atoms with Gasteiger partial charge in [0.2, 0.25) is 11.8 Å². The van der Waals surface area contributed by atoms with Crippen LogP contribution in [0.3, 0.4) is 0 Å². The highest BCUT2D eigenvalue weighted by atomic mass is 16.3. The van der Waals surface area contributed by atoms with Crippen LogP contribution in [0.25, 0.3) is 6.08 Å². The van der Waals surface area contributed by atoms with Crippen LogP contribution in [-0.4, -0.2) is 11.8 Å². The first-order valence-corrected chi connectivity index (χ1v) is 6.46. The van der Waals surface area contributed by atoms with Crippen molar-refractivity contribution >= 4 is 17.9 Å². The predicted octanol–water partition coefficient (Wildman–Crippen LogP) is 2.02. The Hall–Kier alpha value is -2.82. The summed E-state index contributed by atoms with van der Waals surface area (Å²) in [5, 5.41) is 2.72. The maximum Gasteiger partial charge on any atom is 0.248 e. The molecule has 108 valence electrons. The summed E-state index contributed by atoms with van der Waals surface area (Å²) in [7, 11) is 0. The molecule has 1 heterocycles. The molecule has 0 aliphatic heterocycles. The summed E-state index contributed by atoms with van der Waals surface area (Å²) in [6, 6.07) is 10.4. The van der Waals surface area contributed by atoms with Crippen LogP contribution in [0.4, 0.5) is 0 Å². The molecule has 5 nitrogen and oxygen atoms in total. The molecule has 0 atom stereocenters. The average Bonchev–Trinajstić information content (AvgIpc) is 2.89. The van der Waals surface area contributed by atoms with E-state index < -0.39 is 5.91 Å². The average molecular weight is 284 g/mol. The summed E-state index contributed by atoms with van der Waals surface area (Å²) in [6.45, 7) is 2.16. The number of amides is 2. The van der Waals surface area contributed by atoms with Crippen LogP contribution in [0.2, 0.25) is 0 Å². The normalized spacial score (nSPS) is 10.7. The largest absolute Gasteiger partial charge is 0.462 e. The van der Waals surface area contributed by atoms with Crippen molar-refractivity contribution in [2.75, 3.05) is 0 Å². The third-order valence-electron chi connectivity index (χ3n) is 2.84.